The summed E-state index contributed by atoms with van der Waals surface area (Å²) < 4.78 is 2.70. The Bertz CT molecular complexity index is 3230. The van der Waals surface area contributed by atoms with Gasteiger partial charge in [-0.15, -0.1) is 11.3 Å². The second-order valence-corrected chi connectivity index (χ2v) is 15.1. The lowest BCUT2D eigenvalue weighted by Gasteiger charge is -2.15. The molecule has 3 nitrogen and oxygen atoms in total. The molecule has 0 amide bonds. The van der Waals surface area contributed by atoms with Crippen LogP contribution in [0.3, 0.4) is 0 Å². The summed E-state index contributed by atoms with van der Waals surface area (Å²) in [6.07, 6.45) is 0. The number of hydrogen-bond acceptors (Lipinski definition) is 4. The molecule has 0 bridgehead atoms. The SMILES string of the molecule is Cc1cc2c3cc(-c4nc(-c5ccccc5)nc(-c5ccccc5)n4)ccc3c3ccc4c(sc5c6ccccc6c6ccccc6c45)c3c2cc1C. The largest absolute Gasteiger partial charge is 0.208 e. The quantitative estimate of drug-likeness (QED) is 0.173. The zero-order valence-electron chi connectivity index (χ0n) is 29.2. The van der Waals surface area contributed by atoms with E-state index >= 15 is 0 Å². The third-order valence-corrected chi connectivity index (χ3v) is 12.2. The van der Waals surface area contributed by atoms with Crippen LogP contribution >= 0.6 is 11.3 Å². The number of aryl methyl sites for hydroxylation is 2. The summed E-state index contributed by atoms with van der Waals surface area (Å²) in [5.41, 5.74) is 5.46. The topological polar surface area (TPSA) is 38.7 Å². The van der Waals surface area contributed by atoms with Gasteiger partial charge in [0.1, 0.15) is 0 Å². The van der Waals surface area contributed by atoms with Gasteiger partial charge in [0.15, 0.2) is 17.5 Å². The molecule has 0 radical (unpaired) electrons. The van der Waals surface area contributed by atoms with Crippen LogP contribution in [0.15, 0.2) is 152 Å². The van der Waals surface area contributed by atoms with Gasteiger partial charge < -0.3 is 0 Å². The Morgan fingerprint density at radius 3 is 1.40 bits per heavy atom. The van der Waals surface area contributed by atoms with Crippen molar-refractivity contribution in [3.63, 3.8) is 0 Å². The maximum Gasteiger partial charge on any atom is 0.164 e. The molecule has 0 aliphatic carbocycles. The summed E-state index contributed by atoms with van der Waals surface area (Å²) in [4.78, 5) is 15.1. The predicted molar refractivity (Wildman–Crippen MR) is 226 cm³/mol. The molecule has 0 spiro atoms. The summed E-state index contributed by atoms with van der Waals surface area (Å²) in [6, 6.07) is 54.4. The summed E-state index contributed by atoms with van der Waals surface area (Å²) in [5.74, 6) is 1.99. The van der Waals surface area contributed by atoms with Crippen LogP contribution in [0.25, 0.3) is 108 Å². The molecular weight excluding hydrogens is 663 g/mol. The summed E-state index contributed by atoms with van der Waals surface area (Å²) in [7, 11) is 0. The lowest BCUT2D eigenvalue weighted by Crippen LogP contribution is -2.00. The van der Waals surface area contributed by atoms with Crippen LogP contribution in [0.4, 0.5) is 0 Å². The molecule has 2 aromatic heterocycles. The van der Waals surface area contributed by atoms with Gasteiger partial charge in [0.2, 0.25) is 0 Å². The summed E-state index contributed by atoms with van der Waals surface area (Å²) in [5, 5.41) is 15.5. The number of hydrogen-bond donors (Lipinski definition) is 0. The molecule has 4 heteroatoms. The average Bonchev–Trinajstić information content (AvgIpc) is 3.62. The molecule has 248 valence electrons. The highest BCUT2D eigenvalue weighted by Crippen LogP contribution is 2.49. The lowest BCUT2D eigenvalue weighted by molar-refractivity contribution is 1.07. The van der Waals surface area contributed by atoms with Crippen molar-refractivity contribution < 1.29 is 0 Å². The van der Waals surface area contributed by atoms with E-state index < -0.39 is 0 Å². The summed E-state index contributed by atoms with van der Waals surface area (Å²) in [6.45, 7) is 4.45. The van der Waals surface area contributed by atoms with Gasteiger partial charge in [-0.05, 0) is 74.1 Å². The molecule has 11 rings (SSSR count). The fourth-order valence-electron chi connectivity index (χ4n) is 8.29. The van der Waals surface area contributed by atoms with Crippen molar-refractivity contribution >= 4 is 85.4 Å². The van der Waals surface area contributed by atoms with Gasteiger partial charge in [-0.25, -0.2) is 15.0 Å². The molecule has 53 heavy (non-hydrogen) atoms. The van der Waals surface area contributed by atoms with E-state index in [9.17, 15) is 0 Å². The van der Waals surface area contributed by atoms with Gasteiger partial charge in [0.25, 0.3) is 0 Å². The Labute approximate surface area is 309 Å². The first kappa shape index (κ1) is 30.2. The minimum atomic E-state index is 0.662. The van der Waals surface area contributed by atoms with Crippen LogP contribution in [0.1, 0.15) is 11.1 Å². The van der Waals surface area contributed by atoms with Crippen LogP contribution in [-0.2, 0) is 0 Å². The van der Waals surface area contributed by atoms with E-state index in [2.05, 4.69) is 129 Å². The number of rotatable bonds is 3. The highest BCUT2D eigenvalue weighted by atomic mass is 32.1. The van der Waals surface area contributed by atoms with Crippen molar-refractivity contribution in [2.45, 2.75) is 13.8 Å². The lowest BCUT2D eigenvalue weighted by atomic mass is 9.89. The minimum Gasteiger partial charge on any atom is -0.208 e. The molecule has 0 aliphatic heterocycles. The van der Waals surface area contributed by atoms with Crippen molar-refractivity contribution in [2.75, 3.05) is 0 Å². The molecule has 0 fully saturated rings. The maximum absolute atomic E-state index is 5.07. The number of aromatic nitrogens is 3. The first-order valence-corrected chi connectivity index (χ1v) is 18.8. The minimum absolute atomic E-state index is 0.662. The van der Waals surface area contributed by atoms with Crippen molar-refractivity contribution in [1.82, 2.24) is 15.0 Å². The first-order valence-electron chi connectivity index (χ1n) is 18.0. The van der Waals surface area contributed by atoms with E-state index in [-0.39, 0.29) is 0 Å². The van der Waals surface area contributed by atoms with Crippen LogP contribution < -0.4 is 0 Å². The zero-order chi connectivity index (χ0) is 35.2. The monoisotopic (exact) mass is 693 g/mol. The highest BCUT2D eigenvalue weighted by Gasteiger charge is 2.20. The van der Waals surface area contributed by atoms with E-state index in [0.717, 1.165) is 16.7 Å². The van der Waals surface area contributed by atoms with Gasteiger partial charge in [0.05, 0.1) is 0 Å². The Kier molecular flexibility index (Phi) is 6.55. The predicted octanol–water partition coefficient (Wildman–Crippen LogP) is 13.6. The molecule has 11 aromatic rings. The number of benzene rings is 9. The van der Waals surface area contributed by atoms with Gasteiger partial charge in [-0.2, -0.15) is 0 Å². The van der Waals surface area contributed by atoms with E-state index in [0.29, 0.717) is 17.5 Å². The fourth-order valence-corrected chi connectivity index (χ4v) is 9.70. The molecule has 0 atom stereocenters. The third-order valence-electron chi connectivity index (χ3n) is 11.0. The van der Waals surface area contributed by atoms with E-state index in [1.165, 1.54) is 85.2 Å². The van der Waals surface area contributed by atoms with Crippen molar-refractivity contribution in [3.05, 3.63) is 163 Å². The van der Waals surface area contributed by atoms with Crippen LogP contribution in [0, 0.1) is 13.8 Å². The second kappa shape index (κ2) is 11.5. The average molecular weight is 694 g/mol. The van der Waals surface area contributed by atoms with Crippen molar-refractivity contribution in [3.8, 4) is 34.2 Å². The van der Waals surface area contributed by atoms with Gasteiger partial charge in [-0.3, -0.25) is 0 Å². The van der Waals surface area contributed by atoms with Gasteiger partial charge in [-0.1, -0.05) is 146 Å². The molecule has 9 aromatic carbocycles. The Hall–Kier alpha value is -6.49. The molecule has 0 unspecified atom stereocenters. The molecule has 0 N–H and O–H groups in total. The number of fused-ring (bicyclic) bond motifs is 15. The maximum atomic E-state index is 5.07. The third kappa shape index (κ3) is 4.56. The Balaban J connectivity index is 1.23. The van der Waals surface area contributed by atoms with E-state index in [1.54, 1.807) is 0 Å². The second-order valence-electron chi connectivity index (χ2n) is 14.0. The fraction of sp³-hybridized carbons (Fsp3) is 0.0408. The highest BCUT2D eigenvalue weighted by molar-refractivity contribution is 7.28. The molecule has 0 saturated heterocycles. The van der Waals surface area contributed by atoms with Gasteiger partial charge in [0, 0.05) is 47.6 Å². The molecule has 0 aliphatic rings. The number of thiophene rings is 1. The van der Waals surface area contributed by atoms with Crippen molar-refractivity contribution in [1.29, 1.82) is 0 Å². The van der Waals surface area contributed by atoms with E-state index in [1.807, 2.05) is 47.7 Å². The first-order chi connectivity index (χ1) is 26.1. The van der Waals surface area contributed by atoms with Gasteiger partial charge >= 0.3 is 0 Å². The smallest absolute Gasteiger partial charge is 0.164 e. The summed E-state index contributed by atoms with van der Waals surface area (Å²) >= 11 is 1.94. The molecule has 0 saturated carbocycles. The van der Waals surface area contributed by atoms with Crippen LogP contribution in [0.5, 0.6) is 0 Å². The normalized spacial score (nSPS) is 12.0. The molecule has 2 heterocycles. The Morgan fingerprint density at radius 1 is 0.321 bits per heavy atom. The molecular formula is C49H31N3S. The van der Waals surface area contributed by atoms with Crippen LogP contribution in [-0.4, -0.2) is 15.0 Å². The van der Waals surface area contributed by atoms with Crippen molar-refractivity contribution in [2.24, 2.45) is 0 Å². The standard InChI is InChI=1S/C49H31N3S/c1-28-25-40-41-27-32(49-51-47(30-13-5-3-6-14-30)50-48(52-49)31-15-7-4-8-16-31)21-22-35(41)37-23-24-39-43-36-19-11-9-17-33(36)34-18-10-12-20-38(34)45(43)53-46(39)44(37)42(40)26-29(28)2/h3-27H,1-2H3. The zero-order valence-corrected chi connectivity index (χ0v) is 30.0. The van der Waals surface area contributed by atoms with E-state index in [4.69, 9.17) is 15.0 Å². The number of nitrogens with zero attached hydrogens (tertiary/aromatic N) is 3. The van der Waals surface area contributed by atoms with Crippen LogP contribution in [0.2, 0.25) is 0 Å². The Morgan fingerprint density at radius 2 is 0.736 bits per heavy atom.